The fourth-order valence-electron chi connectivity index (χ4n) is 0.844. The molecule has 7 nitrogen and oxygen atoms in total. The number of carboxylic acid groups (broad SMARTS) is 1. The fourth-order valence-corrected chi connectivity index (χ4v) is 1.49. The van der Waals surface area contributed by atoms with Crippen LogP contribution in [0.2, 0.25) is 0 Å². The number of oxime groups is 1. The zero-order chi connectivity index (χ0) is 11.4. The Morgan fingerprint density at radius 3 is 2.80 bits per heavy atom. The van der Waals surface area contributed by atoms with Crippen LogP contribution < -0.4 is 5.73 Å². The summed E-state index contributed by atoms with van der Waals surface area (Å²) in [4.78, 5) is 29.2. The molecule has 80 valence electrons. The molecule has 3 N–H and O–H groups in total. The Balaban J connectivity index is 3.22. The largest absolute Gasteiger partial charge is 0.476 e. The van der Waals surface area contributed by atoms with E-state index in [-0.39, 0.29) is 15.7 Å². The third kappa shape index (κ3) is 2.29. The minimum atomic E-state index is -1.33. The molecule has 0 spiro atoms. The van der Waals surface area contributed by atoms with Gasteiger partial charge in [0, 0.05) is 0 Å². The molecule has 1 aromatic heterocycles. The molecule has 1 rings (SSSR count). The number of aldehydes is 1. The number of hydrogen-bond acceptors (Lipinski definition) is 7. The van der Waals surface area contributed by atoms with Crippen molar-refractivity contribution in [1.29, 1.82) is 0 Å². The molecular formula is C7H7N3O4S. The van der Waals surface area contributed by atoms with Gasteiger partial charge in [0.25, 0.3) is 0 Å². The van der Waals surface area contributed by atoms with Crippen LogP contribution in [-0.2, 0) is 9.63 Å². The average Bonchev–Trinajstić information content (AvgIpc) is 2.55. The van der Waals surface area contributed by atoms with Crippen LogP contribution >= 0.6 is 11.3 Å². The van der Waals surface area contributed by atoms with E-state index in [1.54, 1.807) is 0 Å². The van der Waals surface area contributed by atoms with E-state index < -0.39 is 11.7 Å². The van der Waals surface area contributed by atoms with E-state index in [9.17, 15) is 9.59 Å². The lowest BCUT2D eigenvalue weighted by Crippen LogP contribution is -2.16. The fraction of sp³-hybridized carbons (Fsp3) is 0.143. The first-order valence-electron chi connectivity index (χ1n) is 3.66. The Morgan fingerprint density at radius 1 is 1.73 bits per heavy atom. The maximum atomic E-state index is 10.7. The minimum Gasteiger partial charge on any atom is -0.476 e. The molecule has 8 heteroatoms. The molecule has 0 aliphatic carbocycles. The number of carbonyl (C=O) groups excluding carboxylic acids is 1. The van der Waals surface area contributed by atoms with Crippen molar-refractivity contribution in [2.75, 3.05) is 12.8 Å². The van der Waals surface area contributed by atoms with E-state index in [2.05, 4.69) is 15.0 Å². The van der Waals surface area contributed by atoms with Crippen molar-refractivity contribution in [3.8, 4) is 0 Å². The van der Waals surface area contributed by atoms with Crippen molar-refractivity contribution >= 4 is 34.3 Å². The van der Waals surface area contributed by atoms with Gasteiger partial charge < -0.3 is 15.7 Å². The average molecular weight is 229 g/mol. The monoisotopic (exact) mass is 229 g/mol. The summed E-state index contributed by atoms with van der Waals surface area (Å²) in [5.74, 6) is -1.33. The summed E-state index contributed by atoms with van der Waals surface area (Å²) in [7, 11) is 1.20. The number of aromatic nitrogens is 1. The molecule has 1 aromatic rings. The normalized spacial score (nSPS) is 11.1. The van der Waals surface area contributed by atoms with Gasteiger partial charge in [-0.15, -0.1) is 0 Å². The number of carbonyl (C=O) groups is 2. The van der Waals surface area contributed by atoms with Crippen LogP contribution in [0.1, 0.15) is 15.5 Å². The molecule has 0 aromatic carbocycles. The highest BCUT2D eigenvalue weighted by atomic mass is 32.1. The van der Waals surface area contributed by atoms with E-state index in [1.807, 2.05) is 0 Å². The highest BCUT2D eigenvalue weighted by Crippen LogP contribution is 2.20. The van der Waals surface area contributed by atoms with Gasteiger partial charge in [-0.05, 0) is 0 Å². The Hall–Kier alpha value is -1.96. The van der Waals surface area contributed by atoms with Gasteiger partial charge >= 0.3 is 5.97 Å². The van der Waals surface area contributed by atoms with Crippen LogP contribution in [0.25, 0.3) is 0 Å². The number of nitrogens with two attached hydrogens (primary N) is 1. The molecule has 15 heavy (non-hydrogen) atoms. The van der Waals surface area contributed by atoms with E-state index in [0.29, 0.717) is 6.29 Å². The third-order valence-electron chi connectivity index (χ3n) is 1.38. The van der Waals surface area contributed by atoms with Crippen LogP contribution in [-0.4, -0.2) is 35.2 Å². The second-order valence-corrected chi connectivity index (χ2v) is 3.37. The molecule has 0 amide bonds. The van der Waals surface area contributed by atoms with Gasteiger partial charge in [0.05, 0.1) is 0 Å². The zero-order valence-corrected chi connectivity index (χ0v) is 8.45. The summed E-state index contributed by atoms with van der Waals surface area (Å²) in [6.07, 6.45) is 0.483. The molecule has 0 saturated carbocycles. The summed E-state index contributed by atoms with van der Waals surface area (Å²) in [5, 5.41) is 12.2. The molecule has 0 atom stereocenters. The molecule has 0 aliphatic rings. The van der Waals surface area contributed by atoms with Crippen LogP contribution in [0.5, 0.6) is 0 Å². The lowest BCUT2D eigenvalue weighted by Gasteiger charge is -1.96. The highest BCUT2D eigenvalue weighted by Gasteiger charge is 2.21. The maximum Gasteiger partial charge on any atom is 0.360 e. The molecule has 0 aliphatic heterocycles. The molecule has 1 heterocycles. The predicted octanol–water partition coefficient (Wildman–Crippen LogP) is -0.0271. The van der Waals surface area contributed by atoms with Crippen LogP contribution in [0, 0.1) is 0 Å². The van der Waals surface area contributed by atoms with Gasteiger partial charge in [-0.1, -0.05) is 16.5 Å². The second kappa shape index (κ2) is 4.51. The summed E-state index contributed by atoms with van der Waals surface area (Å²) < 4.78 is 0. The number of rotatable bonds is 4. The first-order chi connectivity index (χ1) is 7.10. The van der Waals surface area contributed by atoms with Gasteiger partial charge in [0.2, 0.25) is 5.71 Å². The first kappa shape index (κ1) is 11.1. The van der Waals surface area contributed by atoms with Gasteiger partial charge in [0.1, 0.15) is 17.8 Å². The number of aliphatic carboxylic acids is 1. The number of hydrogen-bond donors (Lipinski definition) is 2. The molecule has 0 radical (unpaired) electrons. The third-order valence-corrected chi connectivity index (χ3v) is 2.19. The Bertz CT molecular complexity index is 426. The number of nitrogen functional groups attached to an aromatic ring is 1. The number of thiazole rings is 1. The van der Waals surface area contributed by atoms with Crippen LogP contribution in [0.3, 0.4) is 0 Å². The van der Waals surface area contributed by atoms with E-state index in [0.717, 1.165) is 11.3 Å². The summed E-state index contributed by atoms with van der Waals surface area (Å²) in [5.41, 5.74) is 4.99. The highest BCUT2D eigenvalue weighted by molar-refractivity contribution is 7.17. The number of nitrogens with zero attached hydrogens (tertiary/aromatic N) is 2. The van der Waals surface area contributed by atoms with Crippen molar-refractivity contribution in [2.24, 2.45) is 5.16 Å². The summed E-state index contributed by atoms with van der Waals surface area (Å²) >= 11 is 0.885. The predicted molar refractivity (Wildman–Crippen MR) is 53.1 cm³/mol. The molecular weight excluding hydrogens is 222 g/mol. The molecule has 0 fully saturated rings. The minimum absolute atomic E-state index is 0.0588. The van der Waals surface area contributed by atoms with Crippen molar-refractivity contribution in [1.82, 2.24) is 4.98 Å². The van der Waals surface area contributed by atoms with Crippen molar-refractivity contribution in [2.45, 2.75) is 0 Å². The maximum absolute atomic E-state index is 10.7. The smallest absolute Gasteiger partial charge is 0.360 e. The number of anilines is 1. The van der Waals surface area contributed by atoms with Crippen LogP contribution in [0.15, 0.2) is 5.16 Å². The Morgan fingerprint density at radius 2 is 2.40 bits per heavy atom. The van der Waals surface area contributed by atoms with Gasteiger partial charge in [-0.2, -0.15) is 0 Å². The van der Waals surface area contributed by atoms with Crippen molar-refractivity contribution in [3.63, 3.8) is 0 Å². The quantitative estimate of drug-likeness (QED) is 0.425. The van der Waals surface area contributed by atoms with E-state index in [4.69, 9.17) is 10.8 Å². The van der Waals surface area contributed by atoms with Crippen molar-refractivity contribution in [3.05, 3.63) is 10.7 Å². The van der Waals surface area contributed by atoms with E-state index >= 15 is 0 Å². The summed E-state index contributed by atoms with van der Waals surface area (Å²) in [6.45, 7) is 0. The van der Waals surface area contributed by atoms with Gasteiger partial charge in [-0.3, -0.25) is 4.79 Å². The van der Waals surface area contributed by atoms with Gasteiger partial charge in [0.15, 0.2) is 11.3 Å². The zero-order valence-electron chi connectivity index (χ0n) is 7.63. The van der Waals surface area contributed by atoms with Crippen molar-refractivity contribution < 1.29 is 19.5 Å². The molecule has 0 bridgehead atoms. The second-order valence-electron chi connectivity index (χ2n) is 2.31. The summed E-state index contributed by atoms with van der Waals surface area (Å²) in [6, 6.07) is 0. The molecule has 0 saturated heterocycles. The van der Waals surface area contributed by atoms with Gasteiger partial charge in [-0.25, -0.2) is 9.78 Å². The van der Waals surface area contributed by atoms with Crippen LogP contribution in [0.4, 0.5) is 5.00 Å². The SMILES string of the molecule is CON=C(C(=O)O)c1nc(C=O)sc1N. The van der Waals surface area contributed by atoms with E-state index in [1.165, 1.54) is 7.11 Å². The standard InChI is InChI=1S/C7H7N3O4S/c1-14-10-5(7(12)13)4-6(8)15-3(2-11)9-4/h2H,8H2,1H3,(H,12,13). The lowest BCUT2D eigenvalue weighted by atomic mass is 10.3. The number of carboxylic acids is 1. The first-order valence-corrected chi connectivity index (χ1v) is 4.48. The lowest BCUT2D eigenvalue weighted by molar-refractivity contribution is -0.129. The Kier molecular flexibility index (Phi) is 3.34. The molecule has 0 unspecified atom stereocenters. The topological polar surface area (TPSA) is 115 Å². The Labute approximate surface area is 88.2 Å².